The molecule has 1 aromatic rings. The Morgan fingerprint density at radius 2 is 2.00 bits per heavy atom. The Bertz CT molecular complexity index is 353. The molecule has 3 heteroatoms. The Morgan fingerprint density at radius 1 is 1.29 bits per heavy atom. The number of nitrogens with one attached hydrogen (secondary N) is 1. The van der Waals surface area contributed by atoms with E-state index >= 15 is 0 Å². The van der Waals surface area contributed by atoms with Crippen LogP contribution in [0.3, 0.4) is 0 Å². The molecule has 0 saturated carbocycles. The lowest BCUT2D eigenvalue weighted by molar-refractivity contribution is -0.0575. The minimum Gasteiger partial charge on any atom is -0.316 e. The monoisotopic (exact) mass is 239 g/mol. The molecule has 17 heavy (non-hydrogen) atoms. The van der Waals surface area contributed by atoms with Gasteiger partial charge in [-0.05, 0) is 24.9 Å². The number of alkyl halides is 2. The zero-order chi connectivity index (χ0) is 12.3. The molecule has 1 atom stereocenters. The third-order valence-corrected chi connectivity index (χ3v) is 3.45. The lowest BCUT2D eigenvalue weighted by atomic mass is 9.93. The maximum Gasteiger partial charge on any atom is 0.277 e. The predicted octanol–water partition coefficient (Wildman–Crippen LogP) is 3.34. The Kier molecular flexibility index (Phi) is 3.77. The van der Waals surface area contributed by atoms with E-state index in [1.807, 2.05) is 12.1 Å². The summed E-state index contributed by atoms with van der Waals surface area (Å²) < 4.78 is 28.3. The van der Waals surface area contributed by atoms with Crippen molar-refractivity contribution in [2.75, 3.05) is 13.1 Å². The van der Waals surface area contributed by atoms with Crippen LogP contribution in [0, 0.1) is 5.92 Å². The first-order valence-electron chi connectivity index (χ1n) is 6.32. The Labute approximate surface area is 101 Å². The van der Waals surface area contributed by atoms with Gasteiger partial charge in [0.05, 0.1) is 0 Å². The molecule has 1 unspecified atom stereocenters. The second-order valence-corrected chi connectivity index (χ2v) is 4.76. The normalized spacial score (nSPS) is 20.8. The molecule has 1 aliphatic heterocycles. The highest BCUT2D eigenvalue weighted by molar-refractivity contribution is 5.26. The molecule has 1 aromatic carbocycles. The fraction of sp³-hybridized carbons (Fsp3) is 0.571. The van der Waals surface area contributed by atoms with Gasteiger partial charge in [0.1, 0.15) is 0 Å². The number of hydrogen-bond donors (Lipinski definition) is 1. The summed E-state index contributed by atoms with van der Waals surface area (Å²) in [6.45, 7) is 3.21. The summed E-state index contributed by atoms with van der Waals surface area (Å²) >= 11 is 0. The first kappa shape index (κ1) is 12.5. The first-order chi connectivity index (χ1) is 8.14. The quantitative estimate of drug-likeness (QED) is 0.849. The fourth-order valence-corrected chi connectivity index (χ4v) is 2.38. The number of hydrogen-bond acceptors (Lipinski definition) is 1. The molecule has 1 heterocycles. The predicted molar refractivity (Wildman–Crippen MR) is 65.3 cm³/mol. The minimum atomic E-state index is -2.70. The number of aryl methyl sites for hydroxylation is 1. The Balaban J connectivity index is 2.14. The van der Waals surface area contributed by atoms with Crippen molar-refractivity contribution in [3.8, 4) is 0 Å². The third kappa shape index (κ3) is 2.65. The van der Waals surface area contributed by atoms with Crippen LogP contribution in [0.25, 0.3) is 0 Å². The summed E-state index contributed by atoms with van der Waals surface area (Å²) in [7, 11) is 0. The van der Waals surface area contributed by atoms with Crippen molar-refractivity contribution in [1.29, 1.82) is 0 Å². The molecule has 94 valence electrons. The molecular formula is C14H19F2N. The van der Waals surface area contributed by atoms with E-state index in [4.69, 9.17) is 0 Å². The maximum absolute atomic E-state index is 14.1. The molecule has 0 radical (unpaired) electrons. The largest absolute Gasteiger partial charge is 0.316 e. The van der Waals surface area contributed by atoms with Crippen LogP contribution in [0.4, 0.5) is 8.78 Å². The van der Waals surface area contributed by atoms with Gasteiger partial charge in [0, 0.05) is 18.0 Å². The lowest BCUT2D eigenvalue weighted by Gasteiger charge is -2.23. The van der Waals surface area contributed by atoms with Crippen LogP contribution in [-0.4, -0.2) is 13.1 Å². The van der Waals surface area contributed by atoms with Crippen LogP contribution < -0.4 is 5.32 Å². The maximum atomic E-state index is 14.1. The van der Waals surface area contributed by atoms with Gasteiger partial charge in [-0.15, -0.1) is 0 Å². The fourth-order valence-electron chi connectivity index (χ4n) is 2.38. The van der Waals surface area contributed by atoms with Gasteiger partial charge in [0.2, 0.25) is 0 Å². The van der Waals surface area contributed by atoms with E-state index in [1.165, 1.54) is 0 Å². The summed E-state index contributed by atoms with van der Waals surface area (Å²) in [6.07, 6.45) is 2.56. The Morgan fingerprint density at radius 3 is 2.53 bits per heavy atom. The molecule has 0 aromatic heterocycles. The van der Waals surface area contributed by atoms with Gasteiger partial charge in [0.25, 0.3) is 5.92 Å². The molecule has 0 aliphatic carbocycles. The molecule has 0 bridgehead atoms. The average Bonchev–Trinajstić information content (AvgIpc) is 2.84. The van der Waals surface area contributed by atoms with Crippen molar-refractivity contribution < 1.29 is 8.78 Å². The molecule has 1 aliphatic rings. The van der Waals surface area contributed by atoms with Crippen LogP contribution >= 0.6 is 0 Å². The molecule has 1 saturated heterocycles. The SMILES string of the molecule is CCCc1ccc(C(F)(F)C2CCNC2)cc1. The van der Waals surface area contributed by atoms with Gasteiger partial charge in [0.15, 0.2) is 0 Å². The highest BCUT2D eigenvalue weighted by Gasteiger charge is 2.42. The Hall–Kier alpha value is -0.960. The van der Waals surface area contributed by atoms with Crippen molar-refractivity contribution in [3.05, 3.63) is 35.4 Å². The second kappa shape index (κ2) is 5.13. The molecule has 1 fully saturated rings. The van der Waals surface area contributed by atoms with E-state index in [1.54, 1.807) is 12.1 Å². The molecule has 0 spiro atoms. The van der Waals surface area contributed by atoms with Gasteiger partial charge in [-0.3, -0.25) is 0 Å². The van der Waals surface area contributed by atoms with Crippen molar-refractivity contribution in [1.82, 2.24) is 5.32 Å². The zero-order valence-corrected chi connectivity index (χ0v) is 10.2. The minimum absolute atomic E-state index is 0.158. The van der Waals surface area contributed by atoms with Crippen LogP contribution in [-0.2, 0) is 12.3 Å². The summed E-state index contributed by atoms with van der Waals surface area (Å²) in [5, 5.41) is 3.00. The van der Waals surface area contributed by atoms with Crippen molar-refractivity contribution >= 4 is 0 Å². The number of benzene rings is 1. The molecule has 2 rings (SSSR count). The van der Waals surface area contributed by atoms with Gasteiger partial charge in [-0.25, -0.2) is 8.78 Å². The lowest BCUT2D eigenvalue weighted by Crippen LogP contribution is -2.27. The third-order valence-electron chi connectivity index (χ3n) is 3.45. The molecular weight excluding hydrogens is 220 g/mol. The standard InChI is InChI=1S/C14H19F2N/c1-2-3-11-4-6-12(7-5-11)14(15,16)13-8-9-17-10-13/h4-7,13,17H,2-3,8-10H2,1H3. The van der Waals surface area contributed by atoms with E-state index in [0.717, 1.165) is 18.4 Å². The molecule has 0 amide bonds. The van der Waals surface area contributed by atoms with Crippen molar-refractivity contribution in [2.24, 2.45) is 5.92 Å². The topological polar surface area (TPSA) is 12.0 Å². The highest BCUT2D eigenvalue weighted by atomic mass is 19.3. The smallest absolute Gasteiger partial charge is 0.277 e. The molecule has 1 nitrogen and oxygen atoms in total. The zero-order valence-electron chi connectivity index (χ0n) is 10.2. The summed E-state index contributed by atoms with van der Waals surface area (Å²) in [6, 6.07) is 6.83. The summed E-state index contributed by atoms with van der Waals surface area (Å²) in [4.78, 5) is 0. The van der Waals surface area contributed by atoms with Gasteiger partial charge >= 0.3 is 0 Å². The second-order valence-electron chi connectivity index (χ2n) is 4.76. The first-order valence-corrected chi connectivity index (χ1v) is 6.32. The van der Waals surface area contributed by atoms with Crippen LogP contribution in [0.5, 0.6) is 0 Å². The van der Waals surface area contributed by atoms with E-state index in [2.05, 4.69) is 12.2 Å². The van der Waals surface area contributed by atoms with Gasteiger partial charge in [-0.2, -0.15) is 0 Å². The summed E-state index contributed by atoms with van der Waals surface area (Å²) in [5.41, 5.74) is 1.29. The van der Waals surface area contributed by atoms with E-state index in [9.17, 15) is 8.78 Å². The number of halogens is 2. The average molecular weight is 239 g/mol. The van der Waals surface area contributed by atoms with Crippen LogP contribution in [0.15, 0.2) is 24.3 Å². The van der Waals surface area contributed by atoms with Gasteiger partial charge in [-0.1, -0.05) is 37.6 Å². The van der Waals surface area contributed by atoms with Crippen LogP contribution in [0.1, 0.15) is 30.9 Å². The van der Waals surface area contributed by atoms with Crippen molar-refractivity contribution in [2.45, 2.75) is 32.1 Å². The summed E-state index contributed by atoms with van der Waals surface area (Å²) in [5.74, 6) is -3.26. The van der Waals surface area contributed by atoms with E-state index < -0.39 is 11.8 Å². The highest BCUT2D eigenvalue weighted by Crippen LogP contribution is 2.38. The van der Waals surface area contributed by atoms with Gasteiger partial charge < -0.3 is 5.32 Å². The van der Waals surface area contributed by atoms with E-state index in [0.29, 0.717) is 19.5 Å². The van der Waals surface area contributed by atoms with Crippen molar-refractivity contribution in [3.63, 3.8) is 0 Å². The van der Waals surface area contributed by atoms with Crippen LogP contribution in [0.2, 0.25) is 0 Å². The number of rotatable bonds is 4. The van der Waals surface area contributed by atoms with E-state index in [-0.39, 0.29) is 5.56 Å². The molecule has 1 N–H and O–H groups in total.